The van der Waals surface area contributed by atoms with Crippen molar-refractivity contribution in [2.24, 2.45) is 0 Å². The summed E-state index contributed by atoms with van der Waals surface area (Å²) in [6, 6.07) is 10.6. The molecule has 0 saturated carbocycles. The predicted octanol–water partition coefficient (Wildman–Crippen LogP) is 2.40. The Balaban J connectivity index is 2.00. The number of hydrogen-bond donors (Lipinski definition) is 2. The number of pyridine rings is 1. The van der Waals surface area contributed by atoms with Gasteiger partial charge in [0.2, 0.25) is 0 Å². The van der Waals surface area contributed by atoms with Crippen LogP contribution in [-0.4, -0.2) is 38.3 Å². The summed E-state index contributed by atoms with van der Waals surface area (Å²) in [7, 11) is 3.24. The second-order valence-corrected chi connectivity index (χ2v) is 4.53. The average Bonchev–Trinajstić information content (AvgIpc) is 2.56. The minimum Gasteiger partial charge on any atom is -0.497 e. The number of carbonyl (C=O) groups is 1. The van der Waals surface area contributed by atoms with Crippen LogP contribution in [0.4, 0.5) is 11.4 Å². The Bertz CT molecular complexity index is 614. The van der Waals surface area contributed by atoms with Crippen molar-refractivity contribution in [2.75, 3.05) is 38.0 Å². The molecule has 1 aromatic carbocycles. The molecule has 2 N–H and O–H groups in total. The molecular formula is C16H19N3O3. The first-order chi connectivity index (χ1) is 10.7. The molecule has 0 fully saturated rings. The maximum absolute atomic E-state index is 12.2. The number of ether oxygens (including phenoxy) is 2. The zero-order valence-electron chi connectivity index (χ0n) is 12.6. The molecule has 1 aromatic heterocycles. The van der Waals surface area contributed by atoms with Crippen molar-refractivity contribution in [1.29, 1.82) is 0 Å². The third-order valence-electron chi connectivity index (χ3n) is 2.98. The fourth-order valence-corrected chi connectivity index (χ4v) is 1.83. The van der Waals surface area contributed by atoms with Crippen LogP contribution in [0.25, 0.3) is 0 Å². The van der Waals surface area contributed by atoms with E-state index >= 15 is 0 Å². The molecule has 116 valence electrons. The van der Waals surface area contributed by atoms with E-state index in [9.17, 15) is 4.79 Å². The van der Waals surface area contributed by atoms with E-state index in [0.29, 0.717) is 24.5 Å². The third-order valence-corrected chi connectivity index (χ3v) is 2.98. The fraction of sp³-hybridized carbons (Fsp3) is 0.250. The molecule has 1 heterocycles. The lowest BCUT2D eigenvalue weighted by Gasteiger charge is -2.08. The van der Waals surface area contributed by atoms with Gasteiger partial charge in [-0.15, -0.1) is 0 Å². The minimum atomic E-state index is -0.263. The number of nitrogens with zero attached hydrogens (tertiary/aromatic N) is 1. The van der Waals surface area contributed by atoms with Gasteiger partial charge in [0.25, 0.3) is 5.91 Å². The van der Waals surface area contributed by atoms with Crippen LogP contribution in [0.5, 0.6) is 5.75 Å². The topological polar surface area (TPSA) is 72.5 Å². The lowest BCUT2D eigenvalue weighted by molar-refractivity contribution is 0.102. The van der Waals surface area contributed by atoms with Gasteiger partial charge in [-0.25, -0.2) is 0 Å². The third kappa shape index (κ3) is 4.46. The van der Waals surface area contributed by atoms with E-state index < -0.39 is 0 Å². The van der Waals surface area contributed by atoms with E-state index in [1.165, 1.54) is 0 Å². The molecule has 0 radical (unpaired) electrons. The molecule has 22 heavy (non-hydrogen) atoms. The largest absolute Gasteiger partial charge is 0.497 e. The smallest absolute Gasteiger partial charge is 0.274 e. The number of amides is 1. The summed E-state index contributed by atoms with van der Waals surface area (Å²) in [6.07, 6.45) is 1.60. The van der Waals surface area contributed by atoms with Gasteiger partial charge in [-0.05, 0) is 36.4 Å². The van der Waals surface area contributed by atoms with Crippen LogP contribution < -0.4 is 15.4 Å². The summed E-state index contributed by atoms with van der Waals surface area (Å²) in [6.45, 7) is 1.26. The summed E-state index contributed by atoms with van der Waals surface area (Å²) < 4.78 is 10.0. The van der Waals surface area contributed by atoms with Gasteiger partial charge in [0, 0.05) is 31.2 Å². The number of rotatable bonds is 7. The molecule has 0 atom stereocenters. The highest BCUT2D eigenvalue weighted by molar-refractivity contribution is 6.03. The maximum atomic E-state index is 12.2. The number of carbonyl (C=O) groups excluding carboxylic acids is 1. The highest BCUT2D eigenvalue weighted by atomic mass is 16.5. The Labute approximate surface area is 129 Å². The van der Waals surface area contributed by atoms with Crippen LogP contribution in [0.1, 0.15) is 10.5 Å². The maximum Gasteiger partial charge on any atom is 0.274 e. The van der Waals surface area contributed by atoms with E-state index in [4.69, 9.17) is 9.47 Å². The number of anilines is 2. The SMILES string of the molecule is COCCNc1ccnc(C(=O)Nc2ccc(OC)cc2)c1. The van der Waals surface area contributed by atoms with Gasteiger partial charge in [-0.1, -0.05) is 0 Å². The molecule has 6 nitrogen and oxygen atoms in total. The first-order valence-corrected chi connectivity index (χ1v) is 6.87. The van der Waals surface area contributed by atoms with Crippen molar-refractivity contribution < 1.29 is 14.3 Å². The number of methoxy groups -OCH3 is 2. The molecular weight excluding hydrogens is 282 g/mol. The Kier molecular flexibility index (Phi) is 5.73. The van der Waals surface area contributed by atoms with Crippen LogP contribution in [-0.2, 0) is 4.74 Å². The van der Waals surface area contributed by atoms with Crippen LogP contribution in [0, 0.1) is 0 Å². The van der Waals surface area contributed by atoms with Gasteiger partial charge in [-0.3, -0.25) is 9.78 Å². The highest BCUT2D eigenvalue weighted by Gasteiger charge is 2.08. The number of nitrogens with one attached hydrogen (secondary N) is 2. The fourth-order valence-electron chi connectivity index (χ4n) is 1.83. The van der Waals surface area contributed by atoms with Gasteiger partial charge in [0.15, 0.2) is 0 Å². The van der Waals surface area contributed by atoms with Crippen molar-refractivity contribution >= 4 is 17.3 Å². The molecule has 0 aliphatic rings. The normalized spacial score (nSPS) is 10.1. The van der Waals surface area contributed by atoms with Crippen molar-refractivity contribution in [3.8, 4) is 5.75 Å². The van der Waals surface area contributed by atoms with Crippen LogP contribution in [0.15, 0.2) is 42.6 Å². The van der Waals surface area contributed by atoms with E-state index in [-0.39, 0.29) is 5.91 Å². The lowest BCUT2D eigenvalue weighted by atomic mass is 10.2. The minimum absolute atomic E-state index is 0.263. The van der Waals surface area contributed by atoms with Crippen molar-refractivity contribution in [2.45, 2.75) is 0 Å². The van der Waals surface area contributed by atoms with Gasteiger partial charge < -0.3 is 20.1 Å². The first kappa shape index (κ1) is 15.8. The standard InChI is InChI=1S/C16H19N3O3/c1-21-10-9-17-13-7-8-18-15(11-13)16(20)19-12-3-5-14(22-2)6-4-12/h3-8,11H,9-10H2,1-2H3,(H,17,18)(H,19,20). The summed E-state index contributed by atoms with van der Waals surface area (Å²) in [4.78, 5) is 16.3. The first-order valence-electron chi connectivity index (χ1n) is 6.87. The van der Waals surface area contributed by atoms with Crippen LogP contribution >= 0.6 is 0 Å². The number of benzene rings is 1. The summed E-state index contributed by atoms with van der Waals surface area (Å²) in [5, 5.41) is 5.95. The van der Waals surface area contributed by atoms with Gasteiger partial charge in [0.1, 0.15) is 11.4 Å². The summed E-state index contributed by atoms with van der Waals surface area (Å²) >= 11 is 0. The zero-order valence-corrected chi connectivity index (χ0v) is 12.6. The molecule has 0 aliphatic carbocycles. The molecule has 0 aliphatic heterocycles. The second-order valence-electron chi connectivity index (χ2n) is 4.53. The molecule has 0 saturated heterocycles. The molecule has 1 amide bonds. The quantitative estimate of drug-likeness (QED) is 0.768. The molecule has 0 bridgehead atoms. The number of aromatic nitrogens is 1. The Morgan fingerprint density at radius 3 is 2.59 bits per heavy atom. The molecule has 0 unspecified atom stereocenters. The second kappa shape index (κ2) is 7.99. The Morgan fingerprint density at radius 1 is 1.14 bits per heavy atom. The van der Waals surface area contributed by atoms with E-state index in [0.717, 1.165) is 11.4 Å². The Hall–Kier alpha value is -2.60. The van der Waals surface area contributed by atoms with Gasteiger partial charge >= 0.3 is 0 Å². The monoisotopic (exact) mass is 301 g/mol. The van der Waals surface area contributed by atoms with E-state index in [1.807, 2.05) is 0 Å². The van der Waals surface area contributed by atoms with Gasteiger partial charge in [-0.2, -0.15) is 0 Å². The average molecular weight is 301 g/mol. The van der Waals surface area contributed by atoms with Crippen LogP contribution in [0.3, 0.4) is 0 Å². The molecule has 0 spiro atoms. The van der Waals surface area contributed by atoms with Crippen LogP contribution in [0.2, 0.25) is 0 Å². The summed E-state index contributed by atoms with van der Waals surface area (Å²) in [5.74, 6) is 0.473. The van der Waals surface area contributed by atoms with E-state index in [1.54, 1.807) is 56.8 Å². The van der Waals surface area contributed by atoms with E-state index in [2.05, 4.69) is 15.6 Å². The lowest BCUT2D eigenvalue weighted by Crippen LogP contribution is -2.14. The van der Waals surface area contributed by atoms with Crippen molar-refractivity contribution in [1.82, 2.24) is 4.98 Å². The Morgan fingerprint density at radius 2 is 1.91 bits per heavy atom. The molecule has 2 aromatic rings. The number of hydrogen-bond acceptors (Lipinski definition) is 5. The zero-order chi connectivity index (χ0) is 15.8. The predicted molar refractivity (Wildman–Crippen MR) is 85.5 cm³/mol. The van der Waals surface area contributed by atoms with Crippen molar-refractivity contribution in [3.05, 3.63) is 48.3 Å². The molecule has 6 heteroatoms. The highest BCUT2D eigenvalue weighted by Crippen LogP contribution is 2.16. The molecule has 2 rings (SSSR count). The van der Waals surface area contributed by atoms with Gasteiger partial charge in [0.05, 0.1) is 13.7 Å². The summed E-state index contributed by atoms with van der Waals surface area (Å²) in [5.41, 5.74) is 1.86. The van der Waals surface area contributed by atoms with Crippen molar-refractivity contribution in [3.63, 3.8) is 0 Å².